The first-order valence-corrected chi connectivity index (χ1v) is 5.25. The average molecular weight is 237 g/mol. The van der Waals surface area contributed by atoms with Crippen molar-refractivity contribution in [3.8, 4) is 0 Å². The summed E-state index contributed by atoms with van der Waals surface area (Å²) in [6, 6.07) is 0. The first kappa shape index (κ1) is 11.9. The second kappa shape index (κ2) is 5.57. The van der Waals surface area contributed by atoms with Crippen molar-refractivity contribution in [2.24, 2.45) is 5.92 Å². The number of hydrogen-bond acceptors (Lipinski definition) is 2. The molecule has 0 rings (SSSR count). The van der Waals surface area contributed by atoms with Gasteiger partial charge in [0, 0.05) is 0 Å². The lowest BCUT2D eigenvalue weighted by Crippen LogP contribution is -2.26. The SMILES string of the molecule is CCC(C)OC(=O)C(Br)C(C)C. The van der Waals surface area contributed by atoms with Crippen LogP contribution in [0.25, 0.3) is 0 Å². The topological polar surface area (TPSA) is 26.3 Å². The quantitative estimate of drug-likeness (QED) is 0.555. The molecule has 0 aliphatic heterocycles. The first-order valence-electron chi connectivity index (χ1n) is 4.33. The molecule has 0 spiro atoms. The minimum Gasteiger partial charge on any atom is -0.462 e. The van der Waals surface area contributed by atoms with Crippen LogP contribution in [0.2, 0.25) is 0 Å². The van der Waals surface area contributed by atoms with Crippen LogP contribution in [0.1, 0.15) is 34.1 Å². The zero-order valence-corrected chi connectivity index (χ0v) is 9.72. The Balaban J connectivity index is 3.87. The van der Waals surface area contributed by atoms with Gasteiger partial charge < -0.3 is 4.74 Å². The Morgan fingerprint density at radius 1 is 1.42 bits per heavy atom. The second-order valence-electron chi connectivity index (χ2n) is 3.30. The lowest BCUT2D eigenvalue weighted by molar-refractivity contribution is -0.148. The molecule has 0 aromatic carbocycles. The Morgan fingerprint density at radius 3 is 2.25 bits per heavy atom. The number of rotatable bonds is 4. The molecule has 0 aromatic rings. The minimum atomic E-state index is -0.175. The maximum Gasteiger partial charge on any atom is 0.320 e. The summed E-state index contributed by atoms with van der Waals surface area (Å²) in [5.41, 5.74) is 0. The van der Waals surface area contributed by atoms with Gasteiger partial charge in [-0.3, -0.25) is 4.79 Å². The Labute approximate surface area is 82.8 Å². The van der Waals surface area contributed by atoms with Crippen molar-refractivity contribution in [3.63, 3.8) is 0 Å². The fraction of sp³-hybridized carbons (Fsp3) is 0.889. The van der Waals surface area contributed by atoms with E-state index in [9.17, 15) is 4.79 Å². The highest BCUT2D eigenvalue weighted by Gasteiger charge is 2.21. The van der Waals surface area contributed by atoms with E-state index in [0.717, 1.165) is 6.42 Å². The molecule has 0 aromatic heterocycles. The third kappa shape index (κ3) is 4.10. The molecular formula is C9H17BrO2. The Kier molecular flexibility index (Phi) is 5.55. The molecule has 2 unspecified atom stereocenters. The normalized spacial score (nSPS) is 15.8. The van der Waals surface area contributed by atoms with Gasteiger partial charge in [0.2, 0.25) is 0 Å². The summed E-state index contributed by atoms with van der Waals surface area (Å²) in [7, 11) is 0. The fourth-order valence-electron chi connectivity index (χ4n) is 0.619. The zero-order chi connectivity index (χ0) is 9.72. The molecule has 0 heterocycles. The molecule has 0 saturated heterocycles. The summed E-state index contributed by atoms with van der Waals surface area (Å²) < 4.78 is 5.14. The van der Waals surface area contributed by atoms with Gasteiger partial charge in [0.1, 0.15) is 4.83 Å². The lowest BCUT2D eigenvalue weighted by atomic mass is 10.1. The number of ether oxygens (including phenoxy) is 1. The monoisotopic (exact) mass is 236 g/mol. The molecule has 0 aliphatic rings. The van der Waals surface area contributed by atoms with Gasteiger partial charge in [-0.05, 0) is 19.3 Å². The number of carbonyl (C=O) groups excluding carboxylic acids is 1. The van der Waals surface area contributed by atoms with Gasteiger partial charge in [0.25, 0.3) is 0 Å². The van der Waals surface area contributed by atoms with E-state index >= 15 is 0 Å². The summed E-state index contributed by atoms with van der Waals surface area (Å²) in [4.78, 5) is 11.1. The summed E-state index contributed by atoms with van der Waals surface area (Å²) in [5.74, 6) is 0.126. The van der Waals surface area contributed by atoms with Gasteiger partial charge in [-0.25, -0.2) is 0 Å². The minimum absolute atomic E-state index is 0.0244. The highest BCUT2D eigenvalue weighted by molar-refractivity contribution is 9.10. The number of hydrogen-bond donors (Lipinski definition) is 0. The van der Waals surface area contributed by atoms with Gasteiger partial charge in [-0.15, -0.1) is 0 Å². The zero-order valence-electron chi connectivity index (χ0n) is 8.13. The number of esters is 1. The van der Waals surface area contributed by atoms with E-state index in [1.807, 2.05) is 27.7 Å². The molecule has 2 atom stereocenters. The van der Waals surface area contributed by atoms with Crippen LogP contribution < -0.4 is 0 Å². The highest BCUT2D eigenvalue weighted by Crippen LogP contribution is 2.14. The number of halogens is 1. The van der Waals surface area contributed by atoms with Crippen LogP contribution in [0, 0.1) is 5.92 Å². The Morgan fingerprint density at radius 2 is 1.92 bits per heavy atom. The first-order chi connectivity index (χ1) is 5.49. The van der Waals surface area contributed by atoms with E-state index in [-0.39, 0.29) is 22.8 Å². The van der Waals surface area contributed by atoms with Crippen molar-refractivity contribution in [1.82, 2.24) is 0 Å². The maximum absolute atomic E-state index is 11.3. The Bertz CT molecular complexity index is 145. The predicted octanol–water partition coefficient (Wildman–Crippen LogP) is 2.75. The van der Waals surface area contributed by atoms with E-state index in [2.05, 4.69) is 15.9 Å². The largest absolute Gasteiger partial charge is 0.462 e. The molecule has 2 nitrogen and oxygen atoms in total. The average Bonchev–Trinajstić information content (AvgIpc) is 2.02. The van der Waals surface area contributed by atoms with Crippen LogP contribution in [0.4, 0.5) is 0 Å². The molecule has 0 aliphatic carbocycles. The van der Waals surface area contributed by atoms with E-state index in [1.54, 1.807) is 0 Å². The van der Waals surface area contributed by atoms with Crippen LogP contribution >= 0.6 is 15.9 Å². The summed E-state index contributed by atoms with van der Waals surface area (Å²) in [5, 5.41) is 0. The van der Waals surface area contributed by atoms with Crippen LogP contribution in [0.3, 0.4) is 0 Å². The molecule has 0 fully saturated rings. The lowest BCUT2D eigenvalue weighted by Gasteiger charge is -2.16. The van der Waals surface area contributed by atoms with Crippen molar-refractivity contribution >= 4 is 21.9 Å². The molecule has 0 bridgehead atoms. The van der Waals surface area contributed by atoms with E-state index in [1.165, 1.54) is 0 Å². The standard InChI is InChI=1S/C9H17BrO2/c1-5-7(4)12-9(11)8(10)6(2)3/h6-8H,5H2,1-4H3. The molecule has 0 amide bonds. The van der Waals surface area contributed by atoms with Gasteiger partial charge in [0.15, 0.2) is 0 Å². The van der Waals surface area contributed by atoms with Crippen LogP contribution in [0.15, 0.2) is 0 Å². The third-order valence-electron chi connectivity index (χ3n) is 1.70. The van der Waals surface area contributed by atoms with Crippen molar-refractivity contribution < 1.29 is 9.53 Å². The number of alkyl halides is 1. The summed E-state index contributed by atoms with van der Waals surface area (Å²) >= 11 is 3.29. The molecule has 72 valence electrons. The van der Waals surface area contributed by atoms with Gasteiger partial charge >= 0.3 is 5.97 Å². The predicted molar refractivity (Wildman–Crippen MR) is 53.4 cm³/mol. The van der Waals surface area contributed by atoms with Crippen molar-refractivity contribution in [1.29, 1.82) is 0 Å². The second-order valence-corrected chi connectivity index (χ2v) is 4.29. The van der Waals surface area contributed by atoms with E-state index < -0.39 is 0 Å². The maximum atomic E-state index is 11.3. The fourth-order valence-corrected chi connectivity index (χ4v) is 0.727. The molecular weight excluding hydrogens is 220 g/mol. The molecule has 0 N–H and O–H groups in total. The van der Waals surface area contributed by atoms with Crippen LogP contribution in [-0.2, 0) is 9.53 Å². The van der Waals surface area contributed by atoms with Crippen molar-refractivity contribution in [2.45, 2.75) is 45.0 Å². The van der Waals surface area contributed by atoms with E-state index in [4.69, 9.17) is 4.74 Å². The summed E-state index contributed by atoms with van der Waals surface area (Å²) in [6.45, 7) is 7.86. The summed E-state index contributed by atoms with van der Waals surface area (Å²) in [6.07, 6.45) is 0.889. The smallest absolute Gasteiger partial charge is 0.320 e. The van der Waals surface area contributed by atoms with Crippen LogP contribution in [0.5, 0.6) is 0 Å². The van der Waals surface area contributed by atoms with E-state index in [0.29, 0.717) is 0 Å². The third-order valence-corrected chi connectivity index (χ3v) is 3.13. The molecule has 0 radical (unpaired) electrons. The Hall–Kier alpha value is -0.0500. The van der Waals surface area contributed by atoms with Crippen LogP contribution in [-0.4, -0.2) is 16.9 Å². The van der Waals surface area contributed by atoms with Crippen molar-refractivity contribution in [3.05, 3.63) is 0 Å². The molecule has 12 heavy (non-hydrogen) atoms. The highest BCUT2D eigenvalue weighted by atomic mass is 79.9. The van der Waals surface area contributed by atoms with Crippen molar-refractivity contribution in [2.75, 3.05) is 0 Å². The van der Waals surface area contributed by atoms with Gasteiger partial charge in [-0.2, -0.15) is 0 Å². The van der Waals surface area contributed by atoms with Gasteiger partial charge in [-0.1, -0.05) is 36.7 Å². The molecule has 0 saturated carbocycles. The van der Waals surface area contributed by atoms with Gasteiger partial charge in [0.05, 0.1) is 6.10 Å². The molecule has 3 heteroatoms. The number of carbonyl (C=O) groups is 1.